The zero-order valence-electron chi connectivity index (χ0n) is 21.3. The number of ether oxygens (including phenoxy) is 1. The van der Waals surface area contributed by atoms with Gasteiger partial charge in [0.2, 0.25) is 0 Å². The molecule has 0 aliphatic carbocycles. The smallest absolute Gasteiger partial charge is 0.326 e. The molecule has 1 fully saturated rings. The van der Waals surface area contributed by atoms with Gasteiger partial charge in [-0.15, -0.1) is 12.4 Å². The Labute approximate surface area is 228 Å². The van der Waals surface area contributed by atoms with E-state index in [0.717, 1.165) is 43.4 Å². The highest BCUT2D eigenvalue weighted by Gasteiger charge is 2.25. The summed E-state index contributed by atoms with van der Waals surface area (Å²) in [5.41, 5.74) is 2.83. The van der Waals surface area contributed by atoms with Crippen molar-refractivity contribution in [2.75, 3.05) is 25.0 Å². The van der Waals surface area contributed by atoms with Crippen molar-refractivity contribution in [2.24, 2.45) is 0 Å². The van der Waals surface area contributed by atoms with Crippen LogP contribution in [0.15, 0.2) is 84.9 Å². The molecule has 3 aromatic carbocycles. The standard InChI is InChI=1S/C30H30FN3O3.ClH/c1-32(25-12-7-11-24(31)19-25)30(36)28-18-23-10-5-6-13-27(23)34(28)21-29(35)37-26-14-16-33(17-15-26)20-22-8-3-2-4-9-22;/h2-13,18-19,26H,14-17,20-21H2,1H3;1H. The van der Waals surface area contributed by atoms with Gasteiger partial charge in [0.25, 0.3) is 5.91 Å². The van der Waals surface area contributed by atoms with Crippen molar-refractivity contribution >= 4 is 40.9 Å². The minimum absolute atomic E-state index is 0. The average molecular weight is 536 g/mol. The maximum atomic E-state index is 13.8. The van der Waals surface area contributed by atoms with Gasteiger partial charge in [-0.2, -0.15) is 0 Å². The molecule has 4 aromatic rings. The van der Waals surface area contributed by atoms with Crippen LogP contribution in [0.1, 0.15) is 28.9 Å². The van der Waals surface area contributed by atoms with Crippen LogP contribution < -0.4 is 4.90 Å². The van der Waals surface area contributed by atoms with Gasteiger partial charge in [0, 0.05) is 43.3 Å². The van der Waals surface area contributed by atoms with Gasteiger partial charge in [-0.05, 0) is 48.7 Å². The molecule has 0 spiro atoms. The Balaban J connectivity index is 0.00000336. The van der Waals surface area contributed by atoms with Gasteiger partial charge in [-0.3, -0.25) is 14.5 Å². The Bertz CT molecular complexity index is 1400. The second-order valence-electron chi connectivity index (χ2n) is 9.47. The SMILES string of the molecule is CN(C(=O)c1cc2ccccc2n1CC(=O)OC1CCN(Cc2ccccc2)CC1)c1cccc(F)c1.Cl. The Morgan fingerprint density at radius 3 is 2.39 bits per heavy atom. The molecule has 0 bridgehead atoms. The van der Waals surface area contributed by atoms with Crippen LogP contribution in [0.3, 0.4) is 0 Å². The average Bonchev–Trinajstić information content (AvgIpc) is 3.27. The monoisotopic (exact) mass is 535 g/mol. The summed E-state index contributed by atoms with van der Waals surface area (Å²) >= 11 is 0. The molecule has 1 saturated heterocycles. The van der Waals surface area contributed by atoms with E-state index in [1.54, 1.807) is 29.8 Å². The van der Waals surface area contributed by atoms with E-state index in [4.69, 9.17) is 4.74 Å². The van der Waals surface area contributed by atoms with E-state index in [0.29, 0.717) is 11.4 Å². The second kappa shape index (κ2) is 12.2. The first-order valence-corrected chi connectivity index (χ1v) is 12.6. The number of rotatable bonds is 7. The number of likely N-dealkylation sites (tertiary alicyclic amines) is 1. The lowest BCUT2D eigenvalue weighted by molar-refractivity contribution is -0.152. The summed E-state index contributed by atoms with van der Waals surface area (Å²) in [6.07, 6.45) is 1.41. The molecule has 0 saturated carbocycles. The largest absolute Gasteiger partial charge is 0.461 e. The maximum Gasteiger partial charge on any atom is 0.326 e. The van der Waals surface area contributed by atoms with Crippen molar-refractivity contribution in [1.29, 1.82) is 0 Å². The Morgan fingerprint density at radius 1 is 0.947 bits per heavy atom. The number of nitrogens with zero attached hydrogens (tertiary/aromatic N) is 3. The number of amides is 1. The number of anilines is 1. The quantitative estimate of drug-likeness (QED) is 0.285. The van der Waals surface area contributed by atoms with Gasteiger partial charge < -0.3 is 14.2 Å². The highest BCUT2D eigenvalue weighted by molar-refractivity contribution is 6.08. The lowest BCUT2D eigenvalue weighted by Crippen LogP contribution is -2.38. The fourth-order valence-electron chi connectivity index (χ4n) is 4.91. The molecular weight excluding hydrogens is 505 g/mol. The Hall–Kier alpha value is -3.68. The molecule has 0 unspecified atom stereocenters. The van der Waals surface area contributed by atoms with Gasteiger partial charge in [0.05, 0.1) is 0 Å². The van der Waals surface area contributed by atoms with Crippen molar-refractivity contribution in [2.45, 2.75) is 32.0 Å². The summed E-state index contributed by atoms with van der Waals surface area (Å²) in [4.78, 5) is 30.2. The Kier molecular flexibility index (Phi) is 8.81. The van der Waals surface area contributed by atoms with Crippen molar-refractivity contribution in [3.8, 4) is 0 Å². The molecule has 0 radical (unpaired) electrons. The van der Waals surface area contributed by atoms with E-state index >= 15 is 0 Å². The fourth-order valence-corrected chi connectivity index (χ4v) is 4.91. The number of piperidine rings is 1. The molecule has 198 valence electrons. The molecule has 2 heterocycles. The molecule has 6 nitrogen and oxygen atoms in total. The van der Waals surface area contributed by atoms with Crippen molar-refractivity contribution in [1.82, 2.24) is 9.47 Å². The first kappa shape index (κ1) is 27.4. The minimum atomic E-state index is -0.420. The molecule has 5 rings (SSSR count). The number of hydrogen-bond acceptors (Lipinski definition) is 4. The molecule has 1 aromatic heterocycles. The summed E-state index contributed by atoms with van der Waals surface area (Å²) in [5.74, 6) is -1.12. The van der Waals surface area contributed by atoms with Crippen molar-refractivity contribution < 1.29 is 18.7 Å². The molecule has 0 N–H and O–H groups in total. The number of hydrogen-bond donors (Lipinski definition) is 0. The van der Waals surface area contributed by atoms with Gasteiger partial charge in [0.15, 0.2) is 0 Å². The highest BCUT2D eigenvalue weighted by atomic mass is 35.5. The normalized spacial score (nSPS) is 14.2. The van der Waals surface area contributed by atoms with Gasteiger partial charge >= 0.3 is 5.97 Å². The predicted molar refractivity (Wildman–Crippen MR) is 149 cm³/mol. The van der Waals surface area contributed by atoms with Gasteiger partial charge in [0.1, 0.15) is 24.2 Å². The summed E-state index contributed by atoms with van der Waals surface area (Å²) in [5, 5.41) is 0.848. The van der Waals surface area contributed by atoms with E-state index in [-0.39, 0.29) is 36.9 Å². The van der Waals surface area contributed by atoms with Crippen molar-refractivity contribution in [3.05, 3.63) is 102 Å². The predicted octanol–water partition coefficient (Wildman–Crippen LogP) is 5.69. The van der Waals surface area contributed by atoms with E-state index in [1.165, 1.54) is 22.6 Å². The first-order chi connectivity index (χ1) is 18.0. The summed E-state index contributed by atoms with van der Waals surface area (Å²) < 4.78 is 21.3. The Morgan fingerprint density at radius 2 is 1.66 bits per heavy atom. The first-order valence-electron chi connectivity index (χ1n) is 12.6. The van der Waals surface area contributed by atoms with Crippen LogP contribution in [0, 0.1) is 5.82 Å². The van der Waals surface area contributed by atoms with E-state index in [1.807, 2.05) is 42.5 Å². The van der Waals surface area contributed by atoms with Crippen molar-refractivity contribution in [3.63, 3.8) is 0 Å². The summed E-state index contributed by atoms with van der Waals surface area (Å²) in [6.45, 7) is 2.54. The summed E-state index contributed by atoms with van der Waals surface area (Å²) in [7, 11) is 1.60. The lowest BCUT2D eigenvalue weighted by Gasteiger charge is -2.31. The number of esters is 1. The fraction of sp³-hybridized carbons (Fsp3) is 0.267. The third kappa shape index (κ3) is 6.23. The third-order valence-corrected chi connectivity index (χ3v) is 6.90. The zero-order chi connectivity index (χ0) is 25.8. The topological polar surface area (TPSA) is 54.8 Å². The third-order valence-electron chi connectivity index (χ3n) is 6.90. The van der Waals surface area contributed by atoms with Crippen LogP contribution >= 0.6 is 12.4 Å². The second-order valence-corrected chi connectivity index (χ2v) is 9.47. The zero-order valence-corrected chi connectivity index (χ0v) is 22.1. The van der Waals surface area contributed by atoms with Crippen LogP contribution in [0.2, 0.25) is 0 Å². The van der Waals surface area contributed by atoms with Gasteiger partial charge in [-0.1, -0.05) is 54.6 Å². The number of halogens is 2. The maximum absolute atomic E-state index is 13.8. The number of para-hydroxylation sites is 1. The summed E-state index contributed by atoms with van der Waals surface area (Å²) in [6, 6.07) is 25.5. The van der Waals surface area contributed by atoms with E-state index in [9.17, 15) is 14.0 Å². The molecule has 38 heavy (non-hydrogen) atoms. The highest BCUT2D eigenvalue weighted by Crippen LogP contribution is 2.24. The minimum Gasteiger partial charge on any atom is -0.461 e. The number of aromatic nitrogens is 1. The number of carbonyl (C=O) groups is 2. The van der Waals surface area contributed by atoms with Crippen LogP contribution in [-0.2, 0) is 22.6 Å². The number of carbonyl (C=O) groups excluding carboxylic acids is 2. The van der Waals surface area contributed by atoms with Crippen LogP contribution in [0.4, 0.5) is 10.1 Å². The molecule has 8 heteroatoms. The molecule has 1 amide bonds. The van der Waals surface area contributed by atoms with E-state index in [2.05, 4.69) is 17.0 Å². The van der Waals surface area contributed by atoms with Crippen LogP contribution in [0.25, 0.3) is 10.9 Å². The molecule has 0 atom stereocenters. The van der Waals surface area contributed by atoms with Crippen LogP contribution in [0.5, 0.6) is 0 Å². The van der Waals surface area contributed by atoms with E-state index < -0.39 is 5.82 Å². The van der Waals surface area contributed by atoms with Gasteiger partial charge in [-0.25, -0.2) is 4.39 Å². The van der Waals surface area contributed by atoms with Crippen LogP contribution in [-0.4, -0.2) is 47.6 Å². The molecule has 1 aliphatic heterocycles. The number of fused-ring (bicyclic) bond motifs is 1. The molecule has 1 aliphatic rings. The number of benzene rings is 3. The molecular formula is C30H31ClFN3O3. The lowest BCUT2D eigenvalue weighted by atomic mass is 10.1.